The van der Waals surface area contributed by atoms with E-state index in [1.54, 1.807) is 0 Å². The van der Waals surface area contributed by atoms with Gasteiger partial charge in [-0.1, -0.05) is 41.4 Å². The second-order valence-electron chi connectivity index (χ2n) is 2.76. The second kappa shape index (κ2) is 5.37. The molecule has 0 aliphatic heterocycles. The molecule has 0 fully saturated rings. The van der Waals surface area contributed by atoms with Gasteiger partial charge in [-0.2, -0.15) is 0 Å². The molecule has 0 bridgehead atoms. The molecule has 0 aliphatic carbocycles. The van der Waals surface area contributed by atoms with Crippen LogP contribution < -0.4 is 0 Å². The van der Waals surface area contributed by atoms with Crippen LogP contribution in [0.25, 0.3) is 0 Å². The molecule has 0 aliphatic rings. The third-order valence-corrected chi connectivity index (χ3v) is 2.78. The zero-order chi connectivity index (χ0) is 9.68. The van der Waals surface area contributed by atoms with Gasteiger partial charge in [0.15, 0.2) is 0 Å². The normalized spacial score (nSPS) is 15.2. The van der Waals surface area contributed by atoms with Crippen LogP contribution in [0.15, 0.2) is 30.3 Å². The molecule has 1 aromatic rings. The minimum atomic E-state index is -2.05. The Labute approximate surface area is 85.2 Å². The van der Waals surface area contributed by atoms with E-state index >= 15 is 0 Å². The summed E-state index contributed by atoms with van der Waals surface area (Å²) in [6, 6.07) is 9.60. The first-order chi connectivity index (χ1) is 6.18. The summed E-state index contributed by atoms with van der Waals surface area (Å²) in [6.45, 7) is 0. The maximum Gasteiger partial charge on any atom is 0.0480 e. The van der Waals surface area contributed by atoms with Crippen LogP contribution in [0.3, 0.4) is 0 Å². The van der Waals surface area contributed by atoms with Crippen molar-refractivity contribution in [2.75, 3.05) is 5.75 Å². The quantitative estimate of drug-likeness (QED) is 0.569. The maximum absolute atomic E-state index is 10.3. The standard InChI is InChI=1S/C9H11ClO2S/c10-9(7-13(11)12)6-8-4-2-1-3-5-8/h1-5,9H,6-7H2,(H,11,12)/p-1. The van der Waals surface area contributed by atoms with Crippen molar-refractivity contribution in [3.63, 3.8) is 0 Å². The van der Waals surface area contributed by atoms with Crippen molar-refractivity contribution >= 4 is 22.7 Å². The third kappa shape index (κ3) is 4.41. The van der Waals surface area contributed by atoms with Crippen molar-refractivity contribution in [2.45, 2.75) is 11.8 Å². The zero-order valence-electron chi connectivity index (χ0n) is 6.98. The average molecular weight is 218 g/mol. The fourth-order valence-electron chi connectivity index (χ4n) is 1.08. The molecular weight excluding hydrogens is 208 g/mol. The molecule has 4 heteroatoms. The SMILES string of the molecule is O=S([O-])CC(Cl)Cc1ccccc1. The number of benzene rings is 1. The number of hydrogen-bond acceptors (Lipinski definition) is 2. The highest BCUT2D eigenvalue weighted by Crippen LogP contribution is 2.08. The summed E-state index contributed by atoms with van der Waals surface area (Å²) in [6.07, 6.45) is 0.594. The van der Waals surface area contributed by atoms with Gasteiger partial charge >= 0.3 is 0 Å². The van der Waals surface area contributed by atoms with Crippen molar-refractivity contribution in [1.82, 2.24) is 0 Å². The molecule has 0 saturated heterocycles. The first kappa shape index (κ1) is 10.7. The summed E-state index contributed by atoms with van der Waals surface area (Å²) in [5.41, 5.74) is 1.06. The molecule has 2 atom stereocenters. The number of rotatable bonds is 4. The Bertz CT molecular complexity index is 276. The van der Waals surface area contributed by atoms with Gasteiger partial charge in [-0.15, -0.1) is 11.6 Å². The van der Waals surface area contributed by atoms with Crippen LogP contribution in [0.2, 0.25) is 0 Å². The molecule has 0 N–H and O–H groups in total. The summed E-state index contributed by atoms with van der Waals surface area (Å²) < 4.78 is 20.6. The maximum atomic E-state index is 10.3. The molecule has 0 aromatic heterocycles. The van der Waals surface area contributed by atoms with E-state index in [9.17, 15) is 8.76 Å². The van der Waals surface area contributed by atoms with Gasteiger partial charge in [0.25, 0.3) is 0 Å². The zero-order valence-corrected chi connectivity index (χ0v) is 8.55. The van der Waals surface area contributed by atoms with Crippen molar-refractivity contribution in [1.29, 1.82) is 0 Å². The Kier molecular flexibility index (Phi) is 4.42. The van der Waals surface area contributed by atoms with E-state index in [4.69, 9.17) is 11.6 Å². The molecule has 13 heavy (non-hydrogen) atoms. The van der Waals surface area contributed by atoms with Gasteiger partial charge in [-0.3, -0.25) is 4.21 Å². The molecular formula is C9H10ClO2S-. The van der Waals surface area contributed by atoms with E-state index in [1.807, 2.05) is 30.3 Å². The molecule has 2 unspecified atom stereocenters. The Hall–Kier alpha value is -0.380. The first-order valence-electron chi connectivity index (χ1n) is 3.92. The Morgan fingerprint density at radius 3 is 2.54 bits per heavy atom. The minimum Gasteiger partial charge on any atom is -0.772 e. The van der Waals surface area contributed by atoms with Crippen LogP contribution in [0.4, 0.5) is 0 Å². The van der Waals surface area contributed by atoms with E-state index in [0.717, 1.165) is 5.56 Å². The summed E-state index contributed by atoms with van der Waals surface area (Å²) >= 11 is 3.77. The largest absolute Gasteiger partial charge is 0.772 e. The molecule has 0 spiro atoms. The van der Waals surface area contributed by atoms with Gasteiger partial charge in [0.1, 0.15) is 0 Å². The Morgan fingerprint density at radius 2 is 2.00 bits per heavy atom. The van der Waals surface area contributed by atoms with Crippen LogP contribution in [0, 0.1) is 0 Å². The van der Waals surface area contributed by atoms with Gasteiger partial charge in [0.2, 0.25) is 0 Å². The molecule has 0 amide bonds. The lowest BCUT2D eigenvalue weighted by Gasteiger charge is -2.10. The van der Waals surface area contributed by atoms with Gasteiger partial charge in [0, 0.05) is 11.1 Å². The highest BCUT2D eigenvalue weighted by atomic mass is 35.5. The summed E-state index contributed by atoms with van der Waals surface area (Å²) in [5.74, 6) is 0.0104. The minimum absolute atomic E-state index is 0.0104. The van der Waals surface area contributed by atoms with Crippen LogP contribution >= 0.6 is 11.6 Å². The highest BCUT2D eigenvalue weighted by Gasteiger charge is 2.05. The Morgan fingerprint density at radius 1 is 1.38 bits per heavy atom. The van der Waals surface area contributed by atoms with Crippen LogP contribution in [0.1, 0.15) is 5.56 Å². The molecule has 0 heterocycles. The van der Waals surface area contributed by atoms with Crippen molar-refractivity contribution in [2.24, 2.45) is 0 Å². The van der Waals surface area contributed by atoms with Crippen molar-refractivity contribution < 1.29 is 8.76 Å². The predicted octanol–water partition coefficient (Wildman–Crippen LogP) is 1.72. The lowest BCUT2D eigenvalue weighted by atomic mass is 10.1. The van der Waals surface area contributed by atoms with E-state index in [-0.39, 0.29) is 11.1 Å². The van der Waals surface area contributed by atoms with E-state index < -0.39 is 11.1 Å². The number of alkyl halides is 1. The van der Waals surface area contributed by atoms with Crippen LogP contribution in [-0.4, -0.2) is 19.9 Å². The number of halogens is 1. The second-order valence-corrected chi connectivity index (χ2v) is 4.32. The van der Waals surface area contributed by atoms with Crippen LogP contribution in [0.5, 0.6) is 0 Å². The predicted molar refractivity (Wildman–Crippen MR) is 53.6 cm³/mol. The molecule has 72 valence electrons. The smallest absolute Gasteiger partial charge is 0.0480 e. The Balaban J connectivity index is 2.45. The van der Waals surface area contributed by atoms with E-state index in [0.29, 0.717) is 6.42 Å². The van der Waals surface area contributed by atoms with Crippen molar-refractivity contribution in [3.05, 3.63) is 35.9 Å². The van der Waals surface area contributed by atoms with E-state index in [1.165, 1.54) is 0 Å². The summed E-state index contributed by atoms with van der Waals surface area (Å²) in [7, 11) is 0. The lowest BCUT2D eigenvalue weighted by Crippen LogP contribution is -2.13. The molecule has 0 saturated carbocycles. The number of hydrogen-bond donors (Lipinski definition) is 0. The summed E-state index contributed by atoms with van der Waals surface area (Å²) in [5, 5.41) is -0.333. The van der Waals surface area contributed by atoms with E-state index in [2.05, 4.69) is 0 Å². The molecule has 1 aromatic carbocycles. The molecule has 2 nitrogen and oxygen atoms in total. The monoisotopic (exact) mass is 217 g/mol. The third-order valence-electron chi connectivity index (χ3n) is 1.62. The van der Waals surface area contributed by atoms with Gasteiger partial charge in [-0.25, -0.2) is 0 Å². The van der Waals surface area contributed by atoms with Gasteiger partial charge in [-0.05, 0) is 12.0 Å². The fraction of sp³-hybridized carbons (Fsp3) is 0.333. The average Bonchev–Trinajstić information content (AvgIpc) is 2.04. The van der Waals surface area contributed by atoms with Gasteiger partial charge in [0.05, 0.1) is 0 Å². The summed E-state index contributed by atoms with van der Waals surface area (Å²) in [4.78, 5) is 0. The topological polar surface area (TPSA) is 40.1 Å². The van der Waals surface area contributed by atoms with Crippen LogP contribution in [-0.2, 0) is 17.5 Å². The molecule has 0 radical (unpaired) electrons. The first-order valence-corrected chi connectivity index (χ1v) is 5.60. The highest BCUT2D eigenvalue weighted by molar-refractivity contribution is 7.79. The van der Waals surface area contributed by atoms with Gasteiger partial charge < -0.3 is 4.55 Å². The fourth-order valence-corrected chi connectivity index (χ4v) is 1.98. The molecule has 1 rings (SSSR count). The van der Waals surface area contributed by atoms with Crippen molar-refractivity contribution in [3.8, 4) is 0 Å². The lowest BCUT2D eigenvalue weighted by molar-refractivity contribution is 0.535.